The van der Waals surface area contributed by atoms with E-state index in [-0.39, 0.29) is 6.10 Å². The monoisotopic (exact) mass is 485 g/mol. The van der Waals surface area contributed by atoms with E-state index in [2.05, 4.69) is 46.4 Å². The second kappa shape index (κ2) is 24.5. The van der Waals surface area contributed by atoms with E-state index in [1.54, 1.807) is 0 Å². The molecule has 0 fully saturated rings. The molecule has 0 aromatic carbocycles. The lowest BCUT2D eigenvalue weighted by Gasteiger charge is -2.47. The molecular formula is C30H63NO3. The molecule has 206 valence electrons. The first-order chi connectivity index (χ1) is 16.7. The number of hydrogen-bond acceptors (Lipinski definition) is 4. The molecule has 0 N–H and O–H groups in total. The third-order valence-corrected chi connectivity index (χ3v) is 6.80. The first-order valence-electron chi connectivity index (χ1n) is 15.3. The molecule has 4 nitrogen and oxygen atoms in total. The van der Waals surface area contributed by atoms with Crippen LogP contribution in [0, 0.1) is 0 Å². The van der Waals surface area contributed by atoms with Crippen molar-refractivity contribution in [2.24, 2.45) is 0 Å². The molecule has 0 aromatic rings. The van der Waals surface area contributed by atoms with Gasteiger partial charge >= 0.3 is 0 Å². The van der Waals surface area contributed by atoms with E-state index in [1.807, 2.05) is 0 Å². The Morgan fingerprint density at radius 2 is 0.912 bits per heavy atom. The third kappa shape index (κ3) is 15.1. The lowest BCUT2D eigenvalue weighted by molar-refractivity contribution is -0.361. The normalized spacial score (nSPS) is 13.1. The lowest BCUT2D eigenvalue weighted by atomic mass is 10.0. The molecule has 1 atom stereocenters. The molecule has 1 unspecified atom stereocenters. The largest absolute Gasteiger partial charge is 0.371 e. The summed E-state index contributed by atoms with van der Waals surface area (Å²) in [6.45, 7) is 17.0. The van der Waals surface area contributed by atoms with Gasteiger partial charge in [0.05, 0.1) is 0 Å². The van der Waals surface area contributed by atoms with E-state index in [9.17, 15) is 0 Å². The van der Waals surface area contributed by atoms with Crippen molar-refractivity contribution in [3.63, 3.8) is 0 Å². The van der Waals surface area contributed by atoms with E-state index in [0.717, 1.165) is 32.4 Å². The molecule has 0 aliphatic heterocycles. The summed E-state index contributed by atoms with van der Waals surface area (Å²) in [6.07, 6.45) is 22.0. The van der Waals surface area contributed by atoms with Gasteiger partial charge in [0.1, 0.15) is 6.10 Å². The van der Waals surface area contributed by atoms with Crippen LogP contribution in [0.1, 0.15) is 151 Å². The summed E-state index contributed by atoms with van der Waals surface area (Å²) in [4.78, 5) is 2.45. The summed E-state index contributed by atoms with van der Waals surface area (Å²) in [6, 6.07) is 0. The van der Waals surface area contributed by atoms with Crippen molar-refractivity contribution in [3.8, 4) is 0 Å². The van der Waals surface area contributed by atoms with Gasteiger partial charge in [-0.2, -0.15) is 0 Å². The zero-order valence-corrected chi connectivity index (χ0v) is 24.3. The molecule has 0 radical (unpaired) electrons. The van der Waals surface area contributed by atoms with Gasteiger partial charge in [0, 0.05) is 32.9 Å². The summed E-state index contributed by atoms with van der Waals surface area (Å²) >= 11 is 0. The average Bonchev–Trinajstić information content (AvgIpc) is 2.84. The molecule has 34 heavy (non-hydrogen) atoms. The molecule has 0 spiro atoms. The maximum absolute atomic E-state index is 6.48. The minimum absolute atomic E-state index is 0.0470. The van der Waals surface area contributed by atoms with E-state index in [4.69, 9.17) is 14.2 Å². The fourth-order valence-electron chi connectivity index (χ4n) is 4.89. The van der Waals surface area contributed by atoms with Gasteiger partial charge in [-0.1, -0.05) is 111 Å². The SMILES string of the molecule is CCCCCCCCCCCCCCC(OCC)C(OCC)(OCC)N(CCCC)CCCC. The second-order valence-corrected chi connectivity index (χ2v) is 9.81. The van der Waals surface area contributed by atoms with E-state index >= 15 is 0 Å². The van der Waals surface area contributed by atoms with Crippen molar-refractivity contribution < 1.29 is 14.2 Å². The maximum atomic E-state index is 6.48. The Balaban J connectivity index is 4.78. The number of hydrogen-bond donors (Lipinski definition) is 0. The van der Waals surface area contributed by atoms with Crippen LogP contribution in [0.15, 0.2) is 0 Å². The molecule has 0 bridgehead atoms. The smallest absolute Gasteiger partial charge is 0.257 e. The number of unbranched alkanes of at least 4 members (excludes halogenated alkanes) is 13. The van der Waals surface area contributed by atoms with Crippen LogP contribution in [0.25, 0.3) is 0 Å². The fourth-order valence-corrected chi connectivity index (χ4v) is 4.89. The van der Waals surface area contributed by atoms with Crippen LogP contribution in [0.3, 0.4) is 0 Å². The van der Waals surface area contributed by atoms with Gasteiger partial charge in [-0.25, -0.2) is 0 Å². The Kier molecular flexibility index (Phi) is 24.4. The molecule has 4 heteroatoms. The first-order valence-corrected chi connectivity index (χ1v) is 15.3. The summed E-state index contributed by atoms with van der Waals surface area (Å²) in [5.74, 6) is -0.762. The van der Waals surface area contributed by atoms with Crippen molar-refractivity contribution in [1.29, 1.82) is 0 Å². The Morgan fingerprint density at radius 3 is 1.29 bits per heavy atom. The molecule has 0 amide bonds. The van der Waals surface area contributed by atoms with Gasteiger partial charge in [0.15, 0.2) is 0 Å². The lowest BCUT2D eigenvalue weighted by Crippen LogP contribution is -2.62. The number of ether oxygens (including phenoxy) is 3. The maximum Gasteiger partial charge on any atom is 0.257 e. The molecule has 0 saturated heterocycles. The molecule has 0 rings (SSSR count). The van der Waals surface area contributed by atoms with E-state index < -0.39 is 5.91 Å². The van der Waals surface area contributed by atoms with Crippen molar-refractivity contribution in [2.45, 2.75) is 163 Å². The van der Waals surface area contributed by atoms with Crippen molar-refractivity contribution >= 4 is 0 Å². The summed E-state index contributed by atoms with van der Waals surface area (Å²) in [5, 5.41) is 0. The molecule has 0 saturated carbocycles. The Bertz CT molecular complexity index is 391. The van der Waals surface area contributed by atoms with Crippen LogP contribution in [0.2, 0.25) is 0 Å². The quantitative estimate of drug-likeness (QED) is 0.0857. The average molecular weight is 486 g/mol. The van der Waals surface area contributed by atoms with Gasteiger partial charge in [-0.05, 0) is 40.0 Å². The van der Waals surface area contributed by atoms with Gasteiger partial charge in [-0.15, -0.1) is 0 Å². The van der Waals surface area contributed by atoms with Crippen LogP contribution in [-0.2, 0) is 14.2 Å². The molecule has 0 heterocycles. The standard InChI is InChI=1S/C30H63NO3/c1-7-13-16-17-18-19-20-21-22-23-24-25-26-29(32-10-4)30(33-11-5,34-12-6)31(27-14-8-2)28-15-9-3/h29H,7-28H2,1-6H3. The number of nitrogens with zero attached hydrogens (tertiary/aromatic N) is 1. The topological polar surface area (TPSA) is 30.9 Å². The van der Waals surface area contributed by atoms with Crippen LogP contribution < -0.4 is 0 Å². The third-order valence-electron chi connectivity index (χ3n) is 6.80. The summed E-state index contributed by atoms with van der Waals surface area (Å²) < 4.78 is 19.3. The van der Waals surface area contributed by atoms with Crippen molar-refractivity contribution in [1.82, 2.24) is 4.90 Å². The Labute approximate surface area is 214 Å². The first kappa shape index (κ1) is 33.8. The molecule has 0 aromatic heterocycles. The summed E-state index contributed by atoms with van der Waals surface area (Å²) in [7, 11) is 0. The second-order valence-electron chi connectivity index (χ2n) is 9.81. The van der Waals surface area contributed by atoms with Crippen LogP contribution >= 0.6 is 0 Å². The fraction of sp³-hybridized carbons (Fsp3) is 1.00. The molecular weight excluding hydrogens is 422 g/mol. The molecule has 0 aliphatic rings. The highest BCUT2D eigenvalue weighted by molar-refractivity contribution is 4.83. The van der Waals surface area contributed by atoms with Crippen molar-refractivity contribution in [2.75, 3.05) is 32.9 Å². The highest BCUT2D eigenvalue weighted by Crippen LogP contribution is 2.31. The van der Waals surface area contributed by atoms with Crippen LogP contribution in [-0.4, -0.2) is 49.8 Å². The van der Waals surface area contributed by atoms with Crippen LogP contribution in [0.5, 0.6) is 0 Å². The predicted molar refractivity (Wildman–Crippen MR) is 148 cm³/mol. The van der Waals surface area contributed by atoms with Crippen molar-refractivity contribution in [3.05, 3.63) is 0 Å². The van der Waals surface area contributed by atoms with Gasteiger partial charge in [-0.3, -0.25) is 4.90 Å². The minimum Gasteiger partial charge on any atom is -0.371 e. The summed E-state index contributed by atoms with van der Waals surface area (Å²) in [5.41, 5.74) is 0. The highest BCUT2D eigenvalue weighted by Gasteiger charge is 2.46. The van der Waals surface area contributed by atoms with Gasteiger partial charge < -0.3 is 14.2 Å². The number of rotatable bonds is 27. The predicted octanol–water partition coefficient (Wildman–Crippen LogP) is 9.11. The molecule has 0 aliphatic carbocycles. The van der Waals surface area contributed by atoms with Crippen LogP contribution in [0.4, 0.5) is 0 Å². The van der Waals surface area contributed by atoms with E-state index in [1.165, 1.54) is 89.9 Å². The highest BCUT2D eigenvalue weighted by atomic mass is 16.7. The van der Waals surface area contributed by atoms with E-state index in [0.29, 0.717) is 19.8 Å². The zero-order chi connectivity index (χ0) is 25.3. The van der Waals surface area contributed by atoms with Gasteiger partial charge in [0.2, 0.25) is 0 Å². The Hall–Kier alpha value is -0.160. The Morgan fingerprint density at radius 1 is 0.500 bits per heavy atom. The minimum atomic E-state index is -0.762. The zero-order valence-electron chi connectivity index (χ0n) is 24.3. The van der Waals surface area contributed by atoms with Gasteiger partial charge in [0.25, 0.3) is 5.91 Å².